The normalized spacial score (nSPS) is 10.4. The van der Waals surface area contributed by atoms with E-state index in [0.717, 1.165) is 19.3 Å². The molecule has 0 aliphatic rings. The van der Waals surface area contributed by atoms with E-state index >= 15 is 0 Å². The van der Waals surface area contributed by atoms with Gasteiger partial charge in [-0.25, -0.2) is 9.59 Å². The number of carbonyl (C=O) groups is 2. The molecular weight excluding hydrogens is 256 g/mol. The van der Waals surface area contributed by atoms with Crippen LogP contribution in [-0.2, 0) is 14.3 Å². The van der Waals surface area contributed by atoms with Crippen molar-refractivity contribution in [1.82, 2.24) is 0 Å². The van der Waals surface area contributed by atoms with Crippen LogP contribution in [0.1, 0.15) is 36.5 Å². The molecule has 0 heterocycles. The molecule has 1 rings (SSSR count). The second-order valence-electron chi connectivity index (χ2n) is 4.15. The highest BCUT2D eigenvalue weighted by Crippen LogP contribution is 2.03. The second kappa shape index (κ2) is 9.78. The largest absolute Gasteiger partial charge is 0.463 e. The molecule has 0 amide bonds. The molecule has 0 saturated heterocycles. The third-order valence-corrected chi connectivity index (χ3v) is 2.55. The topological polar surface area (TPSA) is 52.6 Å². The van der Waals surface area contributed by atoms with Crippen molar-refractivity contribution in [2.45, 2.75) is 26.2 Å². The van der Waals surface area contributed by atoms with Crippen molar-refractivity contribution in [2.75, 3.05) is 13.2 Å². The zero-order chi connectivity index (χ0) is 14.6. The molecule has 0 saturated carbocycles. The molecule has 1 aromatic carbocycles. The molecule has 0 bridgehead atoms. The van der Waals surface area contributed by atoms with E-state index < -0.39 is 0 Å². The number of carbonyl (C=O) groups excluding carboxylic acids is 2. The van der Waals surface area contributed by atoms with Crippen molar-refractivity contribution in [3.8, 4) is 0 Å². The van der Waals surface area contributed by atoms with Gasteiger partial charge in [0.2, 0.25) is 0 Å². The molecule has 0 fully saturated rings. The Labute approximate surface area is 119 Å². The van der Waals surface area contributed by atoms with Gasteiger partial charge in [-0.3, -0.25) is 0 Å². The molecule has 0 unspecified atom stereocenters. The zero-order valence-corrected chi connectivity index (χ0v) is 11.7. The Morgan fingerprint density at radius 2 is 1.85 bits per heavy atom. The first-order valence-corrected chi connectivity index (χ1v) is 6.79. The van der Waals surface area contributed by atoms with E-state index in [-0.39, 0.29) is 11.9 Å². The molecule has 0 spiro atoms. The van der Waals surface area contributed by atoms with Crippen molar-refractivity contribution in [1.29, 1.82) is 0 Å². The Kier molecular flexibility index (Phi) is 7.80. The number of benzene rings is 1. The molecule has 0 radical (unpaired) electrons. The van der Waals surface area contributed by atoms with Gasteiger partial charge in [-0.05, 0) is 38.3 Å². The maximum Gasteiger partial charge on any atom is 0.338 e. The molecule has 4 nitrogen and oxygen atoms in total. The van der Waals surface area contributed by atoms with Gasteiger partial charge in [0.1, 0.15) is 0 Å². The standard InChI is InChI=1S/C16H20O4/c1-2-19-15(17)12-8-3-4-9-13-20-16(18)14-10-6-5-7-11-14/h5-8,10-12H,2-4,9,13H2,1H3/b12-8+. The van der Waals surface area contributed by atoms with E-state index in [0.29, 0.717) is 18.8 Å². The summed E-state index contributed by atoms with van der Waals surface area (Å²) in [6, 6.07) is 8.91. The maximum absolute atomic E-state index is 11.6. The maximum atomic E-state index is 11.6. The lowest BCUT2D eigenvalue weighted by molar-refractivity contribution is -0.137. The van der Waals surface area contributed by atoms with E-state index in [1.54, 1.807) is 37.3 Å². The Balaban J connectivity index is 2.08. The molecule has 4 heteroatoms. The molecule has 108 valence electrons. The van der Waals surface area contributed by atoms with Crippen LogP contribution in [0.3, 0.4) is 0 Å². The summed E-state index contributed by atoms with van der Waals surface area (Å²) in [5, 5.41) is 0. The van der Waals surface area contributed by atoms with Crippen molar-refractivity contribution in [2.24, 2.45) is 0 Å². The number of unbranched alkanes of at least 4 members (excludes halogenated alkanes) is 2. The van der Waals surface area contributed by atoms with Crippen LogP contribution in [0.4, 0.5) is 0 Å². The van der Waals surface area contributed by atoms with Gasteiger partial charge in [-0.1, -0.05) is 24.3 Å². The minimum absolute atomic E-state index is 0.298. The van der Waals surface area contributed by atoms with E-state index in [1.165, 1.54) is 6.08 Å². The zero-order valence-electron chi connectivity index (χ0n) is 11.7. The Bertz CT molecular complexity index is 437. The summed E-state index contributed by atoms with van der Waals surface area (Å²) in [7, 11) is 0. The third kappa shape index (κ3) is 6.73. The summed E-state index contributed by atoms with van der Waals surface area (Å²) in [6.45, 7) is 2.55. The quantitative estimate of drug-likeness (QED) is 0.416. The lowest BCUT2D eigenvalue weighted by Gasteiger charge is -2.03. The molecule has 1 aromatic rings. The smallest absolute Gasteiger partial charge is 0.338 e. The minimum Gasteiger partial charge on any atom is -0.463 e. The van der Waals surface area contributed by atoms with E-state index in [2.05, 4.69) is 0 Å². The predicted octanol–water partition coefficient (Wildman–Crippen LogP) is 3.13. The first-order chi connectivity index (χ1) is 9.74. The summed E-state index contributed by atoms with van der Waals surface area (Å²) in [5.41, 5.74) is 0.565. The first-order valence-electron chi connectivity index (χ1n) is 6.79. The molecule has 0 aliphatic heterocycles. The predicted molar refractivity (Wildman–Crippen MR) is 76.3 cm³/mol. The average Bonchev–Trinajstić information content (AvgIpc) is 2.47. The van der Waals surface area contributed by atoms with Gasteiger partial charge in [-0.15, -0.1) is 0 Å². The number of esters is 2. The van der Waals surface area contributed by atoms with E-state index in [4.69, 9.17) is 9.47 Å². The summed E-state index contributed by atoms with van der Waals surface area (Å²) in [4.78, 5) is 22.6. The Morgan fingerprint density at radius 1 is 1.10 bits per heavy atom. The van der Waals surface area contributed by atoms with Crippen LogP contribution in [0.2, 0.25) is 0 Å². The van der Waals surface area contributed by atoms with E-state index in [1.807, 2.05) is 6.07 Å². The third-order valence-electron chi connectivity index (χ3n) is 2.55. The average molecular weight is 276 g/mol. The van der Waals surface area contributed by atoms with E-state index in [9.17, 15) is 9.59 Å². The molecule has 0 aliphatic carbocycles. The minimum atomic E-state index is -0.317. The summed E-state index contributed by atoms with van der Waals surface area (Å²) in [5.74, 6) is -0.615. The highest BCUT2D eigenvalue weighted by atomic mass is 16.5. The van der Waals surface area contributed by atoms with Crippen molar-refractivity contribution in [3.05, 3.63) is 48.0 Å². The highest BCUT2D eigenvalue weighted by Gasteiger charge is 2.04. The SMILES string of the molecule is CCOC(=O)/C=C/CCCCOC(=O)c1ccccc1. The van der Waals surface area contributed by atoms with Gasteiger partial charge in [0.15, 0.2) is 0 Å². The van der Waals surface area contributed by atoms with Gasteiger partial charge in [0.25, 0.3) is 0 Å². The molecule has 0 aromatic heterocycles. The molecule has 0 atom stereocenters. The summed E-state index contributed by atoms with van der Waals surface area (Å²) >= 11 is 0. The van der Waals surface area contributed by atoms with Crippen molar-refractivity contribution in [3.63, 3.8) is 0 Å². The van der Waals surface area contributed by atoms with Crippen LogP contribution in [-0.4, -0.2) is 25.2 Å². The lowest BCUT2D eigenvalue weighted by atomic mass is 10.2. The Morgan fingerprint density at radius 3 is 2.55 bits per heavy atom. The molecule has 20 heavy (non-hydrogen) atoms. The fourth-order valence-electron chi connectivity index (χ4n) is 1.56. The number of hydrogen-bond acceptors (Lipinski definition) is 4. The van der Waals surface area contributed by atoms with Crippen LogP contribution in [0.15, 0.2) is 42.5 Å². The fraction of sp³-hybridized carbons (Fsp3) is 0.375. The van der Waals surface area contributed by atoms with Crippen molar-refractivity contribution < 1.29 is 19.1 Å². The van der Waals surface area contributed by atoms with Crippen LogP contribution in [0.25, 0.3) is 0 Å². The van der Waals surface area contributed by atoms with Gasteiger partial charge in [-0.2, -0.15) is 0 Å². The number of rotatable bonds is 8. The Hall–Kier alpha value is -2.10. The van der Waals surface area contributed by atoms with Gasteiger partial charge in [0.05, 0.1) is 18.8 Å². The second-order valence-corrected chi connectivity index (χ2v) is 4.15. The lowest BCUT2D eigenvalue weighted by Crippen LogP contribution is -2.06. The van der Waals surface area contributed by atoms with Crippen molar-refractivity contribution >= 4 is 11.9 Å². The molecular formula is C16H20O4. The number of ether oxygens (including phenoxy) is 2. The van der Waals surface area contributed by atoms with Crippen LogP contribution in [0, 0.1) is 0 Å². The highest BCUT2D eigenvalue weighted by molar-refractivity contribution is 5.89. The van der Waals surface area contributed by atoms with Crippen LogP contribution in [0.5, 0.6) is 0 Å². The summed E-state index contributed by atoms with van der Waals surface area (Å²) < 4.78 is 9.89. The van der Waals surface area contributed by atoms with Gasteiger partial charge >= 0.3 is 11.9 Å². The number of hydrogen-bond donors (Lipinski definition) is 0. The first kappa shape index (κ1) is 16.0. The fourth-order valence-corrected chi connectivity index (χ4v) is 1.56. The molecule has 0 N–H and O–H groups in total. The number of allylic oxidation sites excluding steroid dienone is 1. The monoisotopic (exact) mass is 276 g/mol. The van der Waals surface area contributed by atoms with Gasteiger partial charge in [0, 0.05) is 6.08 Å². The van der Waals surface area contributed by atoms with Gasteiger partial charge < -0.3 is 9.47 Å². The van der Waals surface area contributed by atoms with Crippen LogP contribution >= 0.6 is 0 Å². The summed E-state index contributed by atoms with van der Waals surface area (Å²) in [6.07, 6.45) is 5.60. The van der Waals surface area contributed by atoms with Crippen LogP contribution < -0.4 is 0 Å².